The van der Waals surface area contributed by atoms with E-state index in [2.05, 4.69) is 11.8 Å². The van der Waals surface area contributed by atoms with Crippen LogP contribution in [0.15, 0.2) is 16.5 Å². The van der Waals surface area contributed by atoms with E-state index in [-0.39, 0.29) is 24.1 Å². The van der Waals surface area contributed by atoms with Gasteiger partial charge in [-0.2, -0.15) is 0 Å². The van der Waals surface area contributed by atoms with Crippen LogP contribution in [0.5, 0.6) is 0 Å². The van der Waals surface area contributed by atoms with Crippen LogP contribution in [0.25, 0.3) is 0 Å². The van der Waals surface area contributed by atoms with Gasteiger partial charge in [0.2, 0.25) is 0 Å². The summed E-state index contributed by atoms with van der Waals surface area (Å²) >= 11 is 0. The third-order valence-corrected chi connectivity index (χ3v) is 3.89. The Kier molecular flexibility index (Phi) is 5.68. The average molecular weight is 333 g/mol. The number of hydrogen-bond acceptors (Lipinski definition) is 4. The number of furan rings is 1. The number of carbonyl (C=O) groups excluding carboxylic acids is 1. The predicted molar refractivity (Wildman–Crippen MR) is 87.4 cm³/mol. The first kappa shape index (κ1) is 18.1. The van der Waals surface area contributed by atoms with Crippen LogP contribution in [0.3, 0.4) is 0 Å². The summed E-state index contributed by atoms with van der Waals surface area (Å²) in [7, 11) is 0. The molecule has 1 amide bonds. The van der Waals surface area contributed by atoms with E-state index in [4.69, 9.17) is 9.52 Å². The summed E-state index contributed by atoms with van der Waals surface area (Å²) in [5.74, 6) is 4.76. The van der Waals surface area contributed by atoms with Crippen molar-refractivity contribution >= 4 is 11.9 Å². The van der Waals surface area contributed by atoms with E-state index in [0.717, 1.165) is 19.3 Å². The molecule has 1 aliphatic heterocycles. The van der Waals surface area contributed by atoms with Gasteiger partial charge in [-0.1, -0.05) is 5.92 Å². The molecule has 1 aromatic rings. The largest absolute Gasteiger partial charge is 0.481 e. The molecule has 0 saturated carbocycles. The fraction of sp³-hybridized carbons (Fsp3) is 0.556. The highest BCUT2D eigenvalue weighted by atomic mass is 16.4. The lowest BCUT2D eigenvalue weighted by Gasteiger charge is -2.35. The van der Waals surface area contributed by atoms with Crippen molar-refractivity contribution in [3.63, 3.8) is 0 Å². The average Bonchev–Trinajstić information content (AvgIpc) is 2.99. The Morgan fingerprint density at radius 1 is 1.38 bits per heavy atom. The van der Waals surface area contributed by atoms with E-state index in [1.165, 1.54) is 0 Å². The minimum atomic E-state index is -1.13. The normalized spacial score (nSPS) is 18.0. The molecule has 6 heteroatoms. The SMILES string of the molecule is CC(C)(O)C#Cc1ccc(C(=O)N2CCCCC2CCC(=O)O)o1. The second-order valence-corrected chi connectivity index (χ2v) is 6.55. The molecule has 0 aromatic carbocycles. The van der Waals surface area contributed by atoms with Gasteiger partial charge in [-0.3, -0.25) is 9.59 Å². The summed E-state index contributed by atoms with van der Waals surface area (Å²) in [4.78, 5) is 25.2. The zero-order valence-electron chi connectivity index (χ0n) is 14.0. The highest BCUT2D eigenvalue weighted by Gasteiger charge is 2.29. The van der Waals surface area contributed by atoms with Crippen LogP contribution in [0, 0.1) is 11.8 Å². The van der Waals surface area contributed by atoms with E-state index < -0.39 is 11.6 Å². The van der Waals surface area contributed by atoms with Crippen molar-refractivity contribution in [1.29, 1.82) is 0 Å². The minimum Gasteiger partial charge on any atom is -0.481 e. The van der Waals surface area contributed by atoms with Gasteiger partial charge in [-0.15, -0.1) is 0 Å². The third-order valence-electron chi connectivity index (χ3n) is 3.89. The molecule has 2 heterocycles. The van der Waals surface area contributed by atoms with Gasteiger partial charge in [0, 0.05) is 19.0 Å². The quantitative estimate of drug-likeness (QED) is 0.825. The number of aliphatic hydroxyl groups is 1. The molecule has 0 bridgehead atoms. The number of carboxylic acid groups (broad SMARTS) is 1. The van der Waals surface area contributed by atoms with Crippen LogP contribution in [0.2, 0.25) is 0 Å². The van der Waals surface area contributed by atoms with E-state index in [1.807, 2.05) is 0 Å². The Hall–Kier alpha value is -2.26. The first-order valence-corrected chi connectivity index (χ1v) is 8.14. The lowest BCUT2D eigenvalue weighted by Crippen LogP contribution is -2.43. The fourth-order valence-electron chi connectivity index (χ4n) is 2.73. The highest BCUT2D eigenvalue weighted by molar-refractivity contribution is 5.92. The number of carboxylic acids is 1. The summed E-state index contributed by atoms with van der Waals surface area (Å²) in [5, 5.41) is 18.5. The van der Waals surface area contributed by atoms with Crippen LogP contribution in [-0.2, 0) is 4.79 Å². The molecule has 24 heavy (non-hydrogen) atoms. The molecule has 2 rings (SSSR count). The summed E-state index contributed by atoms with van der Waals surface area (Å²) < 4.78 is 5.48. The maximum atomic E-state index is 12.7. The maximum Gasteiger partial charge on any atom is 0.303 e. The van der Waals surface area contributed by atoms with Crippen molar-refractivity contribution in [2.24, 2.45) is 0 Å². The number of piperidine rings is 1. The Labute approximate surface area is 141 Å². The summed E-state index contributed by atoms with van der Waals surface area (Å²) in [6.45, 7) is 3.74. The molecule has 1 unspecified atom stereocenters. The molecule has 0 spiro atoms. The van der Waals surface area contributed by atoms with Gasteiger partial charge in [0.05, 0.1) is 0 Å². The Balaban J connectivity index is 2.09. The van der Waals surface area contributed by atoms with Crippen molar-refractivity contribution in [2.45, 2.75) is 57.6 Å². The number of nitrogens with zero attached hydrogens (tertiary/aromatic N) is 1. The Bertz CT molecular complexity index is 659. The summed E-state index contributed by atoms with van der Waals surface area (Å²) in [6.07, 6.45) is 3.21. The zero-order valence-corrected chi connectivity index (χ0v) is 14.0. The van der Waals surface area contributed by atoms with Gasteiger partial charge in [-0.05, 0) is 57.6 Å². The number of rotatable bonds is 4. The maximum absolute atomic E-state index is 12.7. The number of likely N-dealkylation sites (tertiary alicyclic amines) is 1. The predicted octanol–water partition coefficient (Wildman–Crippen LogP) is 2.26. The van der Waals surface area contributed by atoms with E-state index in [1.54, 1.807) is 30.9 Å². The molecule has 0 radical (unpaired) electrons. The van der Waals surface area contributed by atoms with Crippen molar-refractivity contribution in [3.05, 3.63) is 23.7 Å². The molecule has 1 atom stereocenters. The second kappa shape index (κ2) is 7.54. The Morgan fingerprint density at radius 2 is 2.12 bits per heavy atom. The van der Waals surface area contributed by atoms with Crippen molar-refractivity contribution in [2.75, 3.05) is 6.54 Å². The number of amides is 1. The lowest BCUT2D eigenvalue weighted by molar-refractivity contribution is -0.137. The topological polar surface area (TPSA) is 91.0 Å². The van der Waals surface area contributed by atoms with Crippen molar-refractivity contribution < 1.29 is 24.2 Å². The molecular weight excluding hydrogens is 310 g/mol. The van der Waals surface area contributed by atoms with Crippen LogP contribution >= 0.6 is 0 Å². The van der Waals surface area contributed by atoms with Gasteiger partial charge < -0.3 is 19.5 Å². The standard InChI is InChI=1S/C18H23NO5/c1-18(2,23)11-10-14-7-8-15(24-14)17(22)19-12-4-3-5-13(19)6-9-16(20)21/h7-8,13,23H,3-6,9,12H2,1-2H3,(H,20,21). The first-order chi connectivity index (χ1) is 11.3. The molecule has 1 aliphatic rings. The molecule has 130 valence electrons. The number of hydrogen-bond donors (Lipinski definition) is 2. The molecule has 6 nitrogen and oxygen atoms in total. The van der Waals surface area contributed by atoms with Crippen LogP contribution in [0.1, 0.15) is 62.3 Å². The van der Waals surface area contributed by atoms with E-state index in [9.17, 15) is 14.7 Å². The molecule has 1 aromatic heterocycles. The Morgan fingerprint density at radius 3 is 2.79 bits per heavy atom. The van der Waals surface area contributed by atoms with Gasteiger partial charge in [-0.25, -0.2) is 0 Å². The second-order valence-electron chi connectivity index (χ2n) is 6.55. The van der Waals surface area contributed by atoms with Gasteiger partial charge in [0.15, 0.2) is 11.5 Å². The number of aliphatic carboxylic acids is 1. The zero-order chi connectivity index (χ0) is 17.7. The van der Waals surface area contributed by atoms with Crippen LogP contribution < -0.4 is 0 Å². The van der Waals surface area contributed by atoms with Crippen molar-refractivity contribution in [3.8, 4) is 11.8 Å². The molecule has 1 saturated heterocycles. The number of carbonyl (C=O) groups is 2. The van der Waals surface area contributed by atoms with Gasteiger partial charge in [0.25, 0.3) is 5.91 Å². The van der Waals surface area contributed by atoms with Crippen molar-refractivity contribution in [1.82, 2.24) is 4.90 Å². The molecular formula is C18H23NO5. The van der Waals surface area contributed by atoms with Gasteiger partial charge in [0.1, 0.15) is 5.60 Å². The summed E-state index contributed by atoms with van der Waals surface area (Å²) in [6, 6.07) is 3.10. The first-order valence-electron chi connectivity index (χ1n) is 8.14. The summed E-state index contributed by atoms with van der Waals surface area (Å²) in [5.41, 5.74) is -1.13. The van der Waals surface area contributed by atoms with E-state index >= 15 is 0 Å². The molecule has 1 fully saturated rings. The smallest absolute Gasteiger partial charge is 0.303 e. The molecule has 0 aliphatic carbocycles. The van der Waals surface area contributed by atoms with Gasteiger partial charge >= 0.3 is 5.97 Å². The minimum absolute atomic E-state index is 0.0505. The fourth-order valence-corrected chi connectivity index (χ4v) is 2.73. The third kappa shape index (κ3) is 5.14. The van der Waals surface area contributed by atoms with Crippen LogP contribution in [0.4, 0.5) is 0 Å². The monoisotopic (exact) mass is 333 g/mol. The lowest BCUT2D eigenvalue weighted by atomic mass is 9.97. The highest BCUT2D eigenvalue weighted by Crippen LogP contribution is 2.23. The van der Waals surface area contributed by atoms with Crippen LogP contribution in [-0.4, -0.2) is 45.2 Å². The van der Waals surface area contributed by atoms with E-state index in [0.29, 0.717) is 18.7 Å². The molecule has 2 N–H and O–H groups in total.